The Bertz CT molecular complexity index is 224. The molecule has 0 fully saturated rings. The van der Waals surface area contributed by atoms with Gasteiger partial charge in [-0.3, -0.25) is 0 Å². The van der Waals surface area contributed by atoms with Crippen LogP contribution in [0.4, 0.5) is 4.79 Å². The largest absolute Gasteiger partial charge is 0.450 e. The maximum atomic E-state index is 10.3. The second-order valence-electron chi connectivity index (χ2n) is 5.30. The molecule has 5 heteroatoms. The Labute approximate surface area is 122 Å². The number of carbonyl (C=O) groups excluding carboxylic acids is 1. The quantitative estimate of drug-likeness (QED) is 0.429. The molecule has 0 aromatic heterocycles. The van der Waals surface area contributed by atoms with Gasteiger partial charge in [0, 0.05) is 6.61 Å². The van der Waals surface area contributed by atoms with E-state index in [0.717, 1.165) is 32.1 Å². The van der Waals surface area contributed by atoms with Gasteiger partial charge >= 0.3 is 6.09 Å². The van der Waals surface area contributed by atoms with Crippen LogP contribution in [0, 0.1) is 0 Å². The van der Waals surface area contributed by atoms with Gasteiger partial charge in [0.15, 0.2) is 0 Å². The van der Waals surface area contributed by atoms with Crippen LogP contribution in [-0.4, -0.2) is 35.6 Å². The number of rotatable bonds is 14. The lowest BCUT2D eigenvalue weighted by atomic mass is 10.0. The second kappa shape index (κ2) is 14.6. The Balaban J connectivity index is 3.04. The molecule has 0 saturated heterocycles. The van der Waals surface area contributed by atoms with Crippen LogP contribution in [0.3, 0.4) is 0 Å². The van der Waals surface area contributed by atoms with Gasteiger partial charge in [0.25, 0.3) is 0 Å². The average molecular weight is 289 g/mol. The Morgan fingerprint density at radius 3 is 1.90 bits per heavy atom. The first-order valence-electron chi connectivity index (χ1n) is 7.88. The van der Waals surface area contributed by atoms with Gasteiger partial charge in [0.05, 0.1) is 12.7 Å². The van der Waals surface area contributed by atoms with Crippen LogP contribution in [0.1, 0.15) is 70.6 Å². The van der Waals surface area contributed by atoms with Gasteiger partial charge in [-0.2, -0.15) is 0 Å². The normalized spacial score (nSPS) is 12.3. The summed E-state index contributed by atoms with van der Waals surface area (Å²) in [6.07, 6.45) is 10.6. The molecule has 20 heavy (non-hydrogen) atoms. The molecule has 0 bridgehead atoms. The standard InChI is InChI=1S/C15H31NO4/c16-15(19)20-13-9-7-5-3-1-2-4-6-8-10-14(18)11-12-17/h14,17-18H,1-13H2,(H2,16,19). The van der Waals surface area contributed by atoms with Gasteiger partial charge in [-0.1, -0.05) is 51.4 Å². The van der Waals surface area contributed by atoms with Crippen molar-refractivity contribution >= 4 is 6.09 Å². The highest BCUT2D eigenvalue weighted by Crippen LogP contribution is 2.12. The van der Waals surface area contributed by atoms with E-state index in [0.29, 0.717) is 13.0 Å². The van der Waals surface area contributed by atoms with E-state index in [4.69, 9.17) is 10.8 Å². The minimum atomic E-state index is -0.686. The number of aliphatic hydroxyl groups excluding tert-OH is 2. The molecule has 1 amide bonds. The van der Waals surface area contributed by atoms with Gasteiger partial charge in [-0.05, 0) is 19.3 Å². The summed E-state index contributed by atoms with van der Waals surface area (Å²) in [5.74, 6) is 0. The third kappa shape index (κ3) is 15.2. The average Bonchev–Trinajstić information content (AvgIpc) is 2.40. The highest BCUT2D eigenvalue weighted by atomic mass is 16.5. The van der Waals surface area contributed by atoms with E-state index in [-0.39, 0.29) is 12.7 Å². The fourth-order valence-electron chi connectivity index (χ4n) is 2.19. The van der Waals surface area contributed by atoms with Crippen LogP contribution >= 0.6 is 0 Å². The molecule has 1 atom stereocenters. The number of hydrogen-bond donors (Lipinski definition) is 3. The number of aliphatic hydroxyl groups is 2. The van der Waals surface area contributed by atoms with Crippen LogP contribution in [0.2, 0.25) is 0 Å². The summed E-state index contributed by atoms with van der Waals surface area (Å²) >= 11 is 0. The predicted molar refractivity (Wildman–Crippen MR) is 79.4 cm³/mol. The number of nitrogens with two attached hydrogens (primary N) is 1. The number of unbranched alkanes of at least 4 members (excludes halogenated alkanes) is 8. The van der Waals surface area contributed by atoms with E-state index in [1.165, 1.54) is 32.1 Å². The second-order valence-corrected chi connectivity index (χ2v) is 5.30. The van der Waals surface area contributed by atoms with Crippen molar-refractivity contribution in [2.45, 2.75) is 76.7 Å². The van der Waals surface area contributed by atoms with Crippen molar-refractivity contribution in [3.8, 4) is 0 Å². The molecule has 0 spiro atoms. The van der Waals surface area contributed by atoms with Crippen molar-refractivity contribution in [1.82, 2.24) is 0 Å². The smallest absolute Gasteiger partial charge is 0.404 e. The molecule has 0 aromatic carbocycles. The summed E-state index contributed by atoms with van der Waals surface area (Å²) in [6.45, 7) is 0.511. The summed E-state index contributed by atoms with van der Waals surface area (Å²) in [5.41, 5.74) is 4.86. The zero-order valence-corrected chi connectivity index (χ0v) is 12.6. The Hall–Kier alpha value is -0.810. The minimum Gasteiger partial charge on any atom is -0.450 e. The zero-order chi connectivity index (χ0) is 15.1. The SMILES string of the molecule is NC(=O)OCCCCCCCCCCCC(O)CCO. The number of ether oxygens (including phenoxy) is 1. The molecule has 0 saturated carbocycles. The van der Waals surface area contributed by atoms with Crippen LogP contribution in [0.25, 0.3) is 0 Å². The van der Waals surface area contributed by atoms with Gasteiger partial charge < -0.3 is 20.7 Å². The van der Waals surface area contributed by atoms with Crippen molar-refractivity contribution in [1.29, 1.82) is 0 Å². The number of amides is 1. The minimum absolute atomic E-state index is 0.0750. The highest BCUT2D eigenvalue weighted by Gasteiger charge is 2.02. The summed E-state index contributed by atoms with van der Waals surface area (Å²) in [4.78, 5) is 10.3. The van der Waals surface area contributed by atoms with E-state index in [9.17, 15) is 9.90 Å². The summed E-state index contributed by atoms with van der Waals surface area (Å²) in [6, 6.07) is 0. The summed E-state index contributed by atoms with van der Waals surface area (Å²) < 4.78 is 4.65. The molecule has 4 N–H and O–H groups in total. The Morgan fingerprint density at radius 2 is 1.40 bits per heavy atom. The van der Waals surface area contributed by atoms with E-state index < -0.39 is 6.09 Å². The van der Waals surface area contributed by atoms with Crippen molar-refractivity contribution in [2.75, 3.05) is 13.2 Å². The lowest BCUT2D eigenvalue weighted by molar-refractivity contribution is 0.122. The molecular formula is C15H31NO4. The van der Waals surface area contributed by atoms with E-state index in [1.54, 1.807) is 0 Å². The number of carbonyl (C=O) groups is 1. The van der Waals surface area contributed by atoms with Gasteiger partial charge in [-0.15, -0.1) is 0 Å². The molecule has 0 heterocycles. The molecule has 0 rings (SSSR count). The Morgan fingerprint density at radius 1 is 0.900 bits per heavy atom. The van der Waals surface area contributed by atoms with Crippen molar-refractivity contribution in [2.24, 2.45) is 5.73 Å². The van der Waals surface area contributed by atoms with Crippen LogP contribution in [0.5, 0.6) is 0 Å². The van der Waals surface area contributed by atoms with Gasteiger partial charge in [0.2, 0.25) is 0 Å². The molecule has 120 valence electrons. The lowest BCUT2D eigenvalue weighted by Gasteiger charge is -2.08. The lowest BCUT2D eigenvalue weighted by Crippen LogP contribution is -2.13. The van der Waals surface area contributed by atoms with Crippen molar-refractivity contribution in [3.63, 3.8) is 0 Å². The van der Waals surface area contributed by atoms with Crippen LogP contribution < -0.4 is 5.73 Å². The predicted octanol–water partition coefficient (Wildman–Crippen LogP) is 2.73. The molecule has 0 aliphatic carbocycles. The zero-order valence-electron chi connectivity index (χ0n) is 12.6. The first kappa shape index (κ1) is 19.2. The molecule has 0 aliphatic heterocycles. The van der Waals surface area contributed by atoms with E-state index in [2.05, 4.69) is 4.74 Å². The van der Waals surface area contributed by atoms with Crippen LogP contribution in [-0.2, 0) is 4.74 Å². The molecule has 0 radical (unpaired) electrons. The molecule has 1 unspecified atom stereocenters. The van der Waals surface area contributed by atoms with Crippen molar-refractivity contribution < 1.29 is 19.7 Å². The fraction of sp³-hybridized carbons (Fsp3) is 0.933. The van der Waals surface area contributed by atoms with Gasteiger partial charge in [-0.25, -0.2) is 4.79 Å². The monoisotopic (exact) mass is 289 g/mol. The fourth-order valence-corrected chi connectivity index (χ4v) is 2.19. The van der Waals surface area contributed by atoms with E-state index >= 15 is 0 Å². The first-order valence-corrected chi connectivity index (χ1v) is 7.88. The van der Waals surface area contributed by atoms with Gasteiger partial charge in [0.1, 0.15) is 0 Å². The number of hydrogen-bond acceptors (Lipinski definition) is 4. The molecule has 0 aromatic rings. The maximum Gasteiger partial charge on any atom is 0.404 e. The first-order chi connectivity index (χ1) is 9.66. The molecule has 0 aliphatic rings. The van der Waals surface area contributed by atoms with E-state index in [1.807, 2.05) is 0 Å². The highest BCUT2D eigenvalue weighted by molar-refractivity contribution is 5.64. The summed E-state index contributed by atoms with van der Waals surface area (Å²) in [7, 11) is 0. The topological polar surface area (TPSA) is 92.8 Å². The number of primary amides is 1. The Kier molecular flexibility index (Phi) is 14.0. The summed E-state index contributed by atoms with van der Waals surface area (Å²) in [5, 5.41) is 18.1. The molecular weight excluding hydrogens is 258 g/mol. The van der Waals surface area contributed by atoms with Crippen molar-refractivity contribution in [3.05, 3.63) is 0 Å². The van der Waals surface area contributed by atoms with Crippen LogP contribution in [0.15, 0.2) is 0 Å². The third-order valence-electron chi connectivity index (χ3n) is 3.39. The molecule has 5 nitrogen and oxygen atoms in total. The third-order valence-corrected chi connectivity index (χ3v) is 3.39. The maximum absolute atomic E-state index is 10.3.